The molecule has 1 saturated heterocycles. The molecule has 0 spiro atoms. The second-order valence-electron chi connectivity index (χ2n) is 5.23. The van der Waals surface area contributed by atoms with Gasteiger partial charge in [0.1, 0.15) is 0 Å². The first kappa shape index (κ1) is 13.4. The predicted octanol–water partition coefficient (Wildman–Crippen LogP) is -0.101. The second kappa shape index (κ2) is 4.56. The van der Waals surface area contributed by atoms with Crippen LogP contribution in [-0.2, 0) is 4.79 Å². The second-order valence-corrected chi connectivity index (χ2v) is 5.23. The van der Waals surface area contributed by atoms with E-state index >= 15 is 0 Å². The van der Waals surface area contributed by atoms with E-state index in [4.69, 9.17) is 5.73 Å². The zero-order valence-corrected chi connectivity index (χ0v) is 11.4. The molecule has 1 aromatic heterocycles. The SMILES string of the molecule is CNC(=O)C1(C)CCN(C(=O)c2n[nH]c(C)c2N)C1. The Kier molecular flexibility index (Phi) is 3.21. The number of nitrogens with one attached hydrogen (secondary N) is 2. The molecule has 7 heteroatoms. The van der Waals surface area contributed by atoms with Gasteiger partial charge in [-0.15, -0.1) is 0 Å². The summed E-state index contributed by atoms with van der Waals surface area (Å²) in [5.41, 5.74) is 6.55. The zero-order chi connectivity index (χ0) is 14.2. The number of rotatable bonds is 2. The van der Waals surface area contributed by atoms with Crippen LogP contribution in [0.3, 0.4) is 0 Å². The van der Waals surface area contributed by atoms with Crippen molar-refractivity contribution in [3.8, 4) is 0 Å². The minimum atomic E-state index is -0.537. The number of aryl methyl sites for hydroxylation is 1. The number of nitrogens with zero attached hydrogens (tertiary/aromatic N) is 2. The summed E-state index contributed by atoms with van der Waals surface area (Å²) in [6, 6.07) is 0. The maximum absolute atomic E-state index is 12.3. The Morgan fingerprint density at radius 2 is 2.21 bits per heavy atom. The molecule has 1 aromatic rings. The lowest BCUT2D eigenvalue weighted by atomic mass is 9.89. The molecule has 1 fully saturated rings. The number of amides is 2. The molecule has 4 N–H and O–H groups in total. The Bertz CT molecular complexity index is 524. The Morgan fingerprint density at radius 3 is 2.74 bits per heavy atom. The molecule has 104 valence electrons. The molecule has 2 amide bonds. The van der Waals surface area contributed by atoms with E-state index in [9.17, 15) is 9.59 Å². The van der Waals surface area contributed by atoms with Crippen molar-refractivity contribution in [2.75, 3.05) is 25.9 Å². The quantitative estimate of drug-likeness (QED) is 0.694. The molecule has 0 radical (unpaired) electrons. The van der Waals surface area contributed by atoms with Crippen molar-refractivity contribution in [3.05, 3.63) is 11.4 Å². The van der Waals surface area contributed by atoms with E-state index in [1.54, 1.807) is 18.9 Å². The molecule has 0 aromatic carbocycles. The molecule has 2 rings (SSSR count). The van der Waals surface area contributed by atoms with E-state index < -0.39 is 5.41 Å². The third-order valence-corrected chi connectivity index (χ3v) is 3.73. The smallest absolute Gasteiger partial charge is 0.276 e. The van der Waals surface area contributed by atoms with Crippen molar-refractivity contribution in [2.45, 2.75) is 20.3 Å². The summed E-state index contributed by atoms with van der Waals surface area (Å²) in [4.78, 5) is 25.8. The molecule has 0 aliphatic carbocycles. The van der Waals surface area contributed by atoms with Gasteiger partial charge in [-0.25, -0.2) is 0 Å². The minimum absolute atomic E-state index is 0.0472. The number of hydrogen-bond donors (Lipinski definition) is 3. The van der Waals surface area contributed by atoms with E-state index in [2.05, 4.69) is 15.5 Å². The standard InChI is InChI=1S/C12H19N5O2/c1-7-8(13)9(16-15-7)10(18)17-5-4-12(2,6-17)11(19)14-3/h4-6,13H2,1-3H3,(H,14,19)(H,15,16). The fourth-order valence-electron chi connectivity index (χ4n) is 2.37. The Morgan fingerprint density at radius 1 is 1.53 bits per heavy atom. The van der Waals surface area contributed by atoms with Crippen LogP contribution in [0.2, 0.25) is 0 Å². The average molecular weight is 265 g/mol. The maximum Gasteiger partial charge on any atom is 0.276 e. The molecule has 0 saturated carbocycles. The van der Waals surface area contributed by atoms with Gasteiger partial charge >= 0.3 is 0 Å². The van der Waals surface area contributed by atoms with E-state index in [0.29, 0.717) is 30.9 Å². The van der Waals surface area contributed by atoms with Gasteiger partial charge in [0.05, 0.1) is 16.8 Å². The highest BCUT2D eigenvalue weighted by Crippen LogP contribution is 2.31. The number of aromatic amines is 1. The topological polar surface area (TPSA) is 104 Å². The number of carbonyl (C=O) groups excluding carboxylic acids is 2. The highest BCUT2D eigenvalue weighted by molar-refractivity contribution is 5.98. The van der Waals surface area contributed by atoms with E-state index in [-0.39, 0.29) is 17.5 Å². The zero-order valence-electron chi connectivity index (χ0n) is 11.4. The van der Waals surface area contributed by atoms with Crippen LogP contribution in [0.25, 0.3) is 0 Å². The van der Waals surface area contributed by atoms with Crippen LogP contribution in [0, 0.1) is 12.3 Å². The normalized spacial score (nSPS) is 22.6. The van der Waals surface area contributed by atoms with Crippen molar-refractivity contribution < 1.29 is 9.59 Å². The summed E-state index contributed by atoms with van der Waals surface area (Å²) in [6.07, 6.45) is 0.641. The van der Waals surface area contributed by atoms with Gasteiger partial charge in [0, 0.05) is 20.1 Å². The Labute approximate surface area is 111 Å². The average Bonchev–Trinajstić information content (AvgIpc) is 2.94. The van der Waals surface area contributed by atoms with Gasteiger partial charge in [-0.3, -0.25) is 14.7 Å². The molecular formula is C12H19N5O2. The van der Waals surface area contributed by atoms with Crippen LogP contribution >= 0.6 is 0 Å². The number of likely N-dealkylation sites (tertiary alicyclic amines) is 1. The van der Waals surface area contributed by atoms with Gasteiger partial charge in [0.2, 0.25) is 5.91 Å². The van der Waals surface area contributed by atoms with E-state index in [0.717, 1.165) is 0 Å². The number of H-pyrrole nitrogens is 1. The van der Waals surface area contributed by atoms with Gasteiger partial charge in [0.25, 0.3) is 5.91 Å². The Balaban J connectivity index is 2.15. The first-order chi connectivity index (χ1) is 8.89. The van der Waals surface area contributed by atoms with Gasteiger partial charge in [-0.05, 0) is 20.3 Å². The summed E-state index contributed by atoms with van der Waals surface area (Å²) in [6.45, 7) is 4.54. The van der Waals surface area contributed by atoms with Gasteiger partial charge in [0.15, 0.2) is 5.69 Å². The molecule has 0 bridgehead atoms. The largest absolute Gasteiger partial charge is 0.395 e. The molecular weight excluding hydrogens is 246 g/mol. The Hall–Kier alpha value is -2.05. The van der Waals surface area contributed by atoms with Gasteiger partial charge in [-0.1, -0.05) is 0 Å². The summed E-state index contributed by atoms with van der Waals surface area (Å²) in [7, 11) is 1.60. The van der Waals surface area contributed by atoms with Crippen LogP contribution in [-0.4, -0.2) is 47.0 Å². The van der Waals surface area contributed by atoms with Crippen molar-refractivity contribution in [3.63, 3.8) is 0 Å². The molecule has 1 unspecified atom stereocenters. The predicted molar refractivity (Wildman–Crippen MR) is 70.4 cm³/mol. The summed E-state index contributed by atoms with van der Waals surface area (Å²) < 4.78 is 0. The number of aromatic nitrogens is 2. The fourth-order valence-corrected chi connectivity index (χ4v) is 2.37. The molecule has 2 heterocycles. The molecule has 1 aliphatic heterocycles. The van der Waals surface area contributed by atoms with Gasteiger partial charge in [-0.2, -0.15) is 5.10 Å². The van der Waals surface area contributed by atoms with Crippen molar-refractivity contribution in [1.29, 1.82) is 0 Å². The van der Waals surface area contributed by atoms with Crippen LogP contribution in [0.4, 0.5) is 5.69 Å². The number of nitrogens with two attached hydrogens (primary N) is 1. The maximum atomic E-state index is 12.3. The van der Waals surface area contributed by atoms with Crippen LogP contribution in [0.15, 0.2) is 0 Å². The first-order valence-electron chi connectivity index (χ1n) is 6.21. The summed E-state index contributed by atoms with van der Waals surface area (Å²) >= 11 is 0. The number of anilines is 1. The molecule has 19 heavy (non-hydrogen) atoms. The molecule has 1 aliphatic rings. The van der Waals surface area contributed by atoms with E-state index in [1.807, 2.05) is 6.92 Å². The first-order valence-corrected chi connectivity index (χ1v) is 6.21. The van der Waals surface area contributed by atoms with E-state index in [1.165, 1.54) is 0 Å². The number of nitrogen functional groups attached to an aromatic ring is 1. The lowest BCUT2D eigenvalue weighted by molar-refractivity contribution is -0.128. The summed E-state index contributed by atoms with van der Waals surface area (Å²) in [5.74, 6) is -0.275. The minimum Gasteiger partial charge on any atom is -0.395 e. The highest BCUT2D eigenvalue weighted by atomic mass is 16.2. The molecule has 7 nitrogen and oxygen atoms in total. The lowest BCUT2D eigenvalue weighted by Gasteiger charge is -2.22. The third kappa shape index (κ3) is 2.16. The van der Waals surface area contributed by atoms with Gasteiger partial charge < -0.3 is 16.0 Å². The van der Waals surface area contributed by atoms with Crippen molar-refractivity contribution >= 4 is 17.5 Å². The molecule has 1 atom stereocenters. The summed E-state index contributed by atoms with van der Waals surface area (Å²) in [5, 5.41) is 9.26. The highest BCUT2D eigenvalue weighted by Gasteiger charge is 2.42. The lowest BCUT2D eigenvalue weighted by Crippen LogP contribution is -2.40. The van der Waals surface area contributed by atoms with Crippen LogP contribution in [0.1, 0.15) is 29.5 Å². The third-order valence-electron chi connectivity index (χ3n) is 3.73. The van der Waals surface area contributed by atoms with Crippen LogP contribution in [0.5, 0.6) is 0 Å². The monoisotopic (exact) mass is 265 g/mol. The van der Waals surface area contributed by atoms with Crippen LogP contribution < -0.4 is 11.1 Å². The fraction of sp³-hybridized carbons (Fsp3) is 0.583. The van der Waals surface area contributed by atoms with Crippen molar-refractivity contribution in [1.82, 2.24) is 20.4 Å². The number of carbonyl (C=O) groups is 2. The van der Waals surface area contributed by atoms with Crippen molar-refractivity contribution in [2.24, 2.45) is 5.41 Å². The number of hydrogen-bond acceptors (Lipinski definition) is 4.